The van der Waals surface area contributed by atoms with E-state index in [1.807, 2.05) is 11.3 Å². The van der Waals surface area contributed by atoms with Crippen LogP contribution in [0.15, 0.2) is 146 Å². The van der Waals surface area contributed by atoms with Gasteiger partial charge in [-0.25, -0.2) is 4.98 Å². The fourth-order valence-electron chi connectivity index (χ4n) is 6.95. The number of benzene rings is 7. The second-order valence-corrected chi connectivity index (χ2v) is 13.7. The normalized spacial score (nSPS) is 12.0. The molecule has 0 aliphatic heterocycles. The molecule has 0 atom stereocenters. The van der Waals surface area contributed by atoms with Crippen molar-refractivity contribution in [2.75, 3.05) is 0 Å². The first-order valence-electron chi connectivity index (χ1n) is 15.1. The Hall–Kier alpha value is -5.29. The van der Waals surface area contributed by atoms with E-state index >= 15 is 0 Å². The van der Waals surface area contributed by atoms with E-state index in [1.165, 1.54) is 74.3 Å². The van der Waals surface area contributed by atoms with Gasteiger partial charge >= 0.3 is 0 Å². The van der Waals surface area contributed by atoms with Crippen LogP contribution in [0, 0.1) is 0 Å². The highest BCUT2D eigenvalue weighted by Crippen LogP contribution is 2.42. The van der Waals surface area contributed by atoms with E-state index in [1.54, 1.807) is 11.3 Å². The van der Waals surface area contributed by atoms with Gasteiger partial charge in [-0.15, -0.1) is 22.7 Å². The van der Waals surface area contributed by atoms with Crippen LogP contribution in [0.25, 0.3) is 90.4 Å². The van der Waals surface area contributed by atoms with Gasteiger partial charge in [0.05, 0.1) is 21.3 Å². The Kier molecular flexibility index (Phi) is 5.35. The molecule has 7 aromatic carbocycles. The van der Waals surface area contributed by atoms with Gasteiger partial charge in [0.15, 0.2) is 0 Å². The predicted octanol–water partition coefficient (Wildman–Crippen LogP) is 12.2. The second-order valence-electron chi connectivity index (χ2n) is 11.6. The van der Waals surface area contributed by atoms with E-state index in [0.717, 1.165) is 16.1 Å². The van der Waals surface area contributed by atoms with Crippen LogP contribution in [0.5, 0.6) is 0 Å². The summed E-state index contributed by atoms with van der Waals surface area (Å²) in [6, 6.07) is 52.9. The maximum absolute atomic E-state index is 5.17. The zero-order valence-electron chi connectivity index (χ0n) is 24.1. The molecule has 210 valence electrons. The number of thiophene rings is 1. The van der Waals surface area contributed by atoms with Gasteiger partial charge in [-0.05, 0) is 64.4 Å². The third kappa shape index (κ3) is 3.77. The van der Waals surface area contributed by atoms with Crippen molar-refractivity contribution in [2.45, 2.75) is 0 Å². The number of hydrogen-bond acceptors (Lipinski definition) is 3. The SMILES string of the molecule is c1ccc2c(c1)ccc1c2c2ccccc2n1-c1ccc(-c2ccc(-c3nc4c(ccc5sc6ccccc6c54)s3)cc2)cc1. The fourth-order valence-corrected chi connectivity index (χ4v) is 9.04. The zero-order chi connectivity index (χ0) is 29.5. The largest absolute Gasteiger partial charge is 0.309 e. The summed E-state index contributed by atoms with van der Waals surface area (Å²) in [5.74, 6) is 0. The number of nitrogens with zero attached hydrogens (tertiary/aromatic N) is 2. The Morgan fingerprint density at radius 2 is 1.09 bits per heavy atom. The van der Waals surface area contributed by atoms with Crippen molar-refractivity contribution in [1.82, 2.24) is 9.55 Å². The molecule has 0 amide bonds. The molecule has 0 N–H and O–H groups in total. The number of aromatic nitrogens is 2. The second kappa shape index (κ2) is 9.60. The minimum absolute atomic E-state index is 1.06. The summed E-state index contributed by atoms with van der Waals surface area (Å²) < 4.78 is 6.24. The average molecular weight is 609 g/mol. The van der Waals surface area contributed by atoms with Crippen LogP contribution in [-0.2, 0) is 0 Å². The number of hydrogen-bond donors (Lipinski definition) is 0. The molecule has 0 unspecified atom stereocenters. The third-order valence-corrected chi connectivity index (χ3v) is 11.3. The topological polar surface area (TPSA) is 17.8 Å². The lowest BCUT2D eigenvalue weighted by Gasteiger charge is -2.10. The lowest BCUT2D eigenvalue weighted by atomic mass is 10.0. The molecule has 0 radical (unpaired) electrons. The highest BCUT2D eigenvalue weighted by molar-refractivity contribution is 7.26. The molecule has 0 bridgehead atoms. The maximum Gasteiger partial charge on any atom is 0.124 e. The van der Waals surface area contributed by atoms with E-state index in [-0.39, 0.29) is 0 Å². The van der Waals surface area contributed by atoms with Crippen LogP contribution >= 0.6 is 22.7 Å². The summed E-state index contributed by atoms with van der Waals surface area (Å²) >= 11 is 3.62. The molecule has 3 aromatic heterocycles. The maximum atomic E-state index is 5.17. The Labute approximate surface area is 267 Å². The van der Waals surface area contributed by atoms with E-state index in [2.05, 4.69) is 150 Å². The first kappa shape index (κ1) is 25.1. The number of para-hydroxylation sites is 1. The average Bonchev–Trinajstić information content (AvgIpc) is 3.80. The summed E-state index contributed by atoms with van der Waals surface area (Å²) in [5, 5.41) is 8.80. The Balaban J connectivity index is 1.02. The number of thiazole rings is 1. The Morgan fingerprint density at radius 1 is 0.422 bits per heavy atom. The van der Waals surface area contributed by atoms with Crippen molar-refractivity contribution < 1.29 is 0 Å². The molecule has 0 saturated heterocycles. The van der Waals surface area contributed by atoms with Gasteiger partial charge in [-0.3, -0.25) is 0 Å². The molecule has 0 fully saturated rings. The van der Waals surface area contributed by atoms with Gasteiger partial charge in [-0.1, -0.05) is 103 Å². The lowest BCUT2D eigenvalue weighted by Crippen LogP contribution is -1.93. The summed E-state index contributed by atoms with van der Waals surface area (Å²) in [6.45, 7) is 0. The van der Waals surface area contributed by atoms with Crippen molar-refractivity contribution in [2.24, 2.45) is 0 Å². The van der Waals surface area contributed by atoms with Crippen molar-refractivity contribution in [3.05, 3.63) is 146 Å². The van der Waals surface area contributed by atoms with Gasteiger partial charge in [0.2, 0.25) is 0 Å². The van der Waals surface area contributed by atoms with Crippen LogP contribution in [0.4, 0.5) is 0 Å². The minimum atomic E-state index is 1.06. The monoisotopic (exact) mass is 608 g/mol. The highest BCUT2D eigenvalue weighted by atomic mass is 32.1. The van der Waals surface area contributed by atoms with Crippen LogP contribution in [0.3, 0.4) is 0 Å². The van der Waals surface area contributed by atoms with E-state index in [0.29, 0.717) is 0 Å². The minimum Gasteiger partial charge on any atom is -0.309 e. The molecule has 45 heavy (non-hydrogen) atoms. The van der Waals surface area contributed by atoms with Crippen LogP contribution < -0.4 is 0 Å². The van der Waals surface area contributed by atoms with Crippen LogP contribution in [0.1, 0.15) is 0 Å². The third-order valence-electron chi connectivity index (χ3n) is 9.05. The van der Waals surface area contributed by atoms with Gasteiger partial charge in [-0.2, -0.15) is 0 Å². The smallest absolute Gasteiger partial charge is 0.124 e. The molecular formula is C41H24N2S2. The Bertz CT molecular complexity index is 2740. The summed E-state index contributed by atoms with van der Waals surface area (Å²) in [5.41, 5.74) is 8.29. The zero-order valence-corrected chi connectivity index (χ0v) is 25.7. The van der Waals surface area contributed by atoms with Crippen molar-refractivity contribution in [3.63, 3.8) is 0 Å². The van der Waals surface area contributed by atoms with Crippen molar-refractivity contribution in [3.8, 4) is 27.4 Å². The molecule has 10 rings (SSSR count). The van der Waals surface area contributed by atoms with Crippen LogP contribution in [0.2, 0.25) is 0 Å². The summed E-state index contributed by atoms with van der Waals surface area (Å²) in [4.78, 5) is 5.17. The van der Waals surface area contributed by atoms with Crippen molar-refractivity contribution >= 4 is 85.6 Å². The Morgan fingerprint density at radius 3 is 1.93 bits per heavy atom. The summed E-state index contributed by atoms with van der Waals surface area (Å²) in [7, 11) is 0. The molecule has 0 spiro atoms. The number of rotatable bonds is 3. The molecule has 2 nitrogen and oxygen atoms in total. The molecule has 0 aliphatic carbocycles. The van der Waals surface area contributed by atoms with Gasteiger partial charge < -0.3 is 4.57 Å². The van der Waals surface area contributed by atoms with Gasteiger partial charge in [0, 0.05) is 42.2 Å². The highest BCUT2D eigenvalue weighted by Gasteiger charge is 2.16. The molecule has 4 heteroatoms. The van der Waals surface area contributed by atoms with E-state index in [4.69, 9.17) is 4.98 Å². The van der Waals surface area contributed by atoms with Crippen molar-refractivity contribution in [1.29, 1.82) is 0 Å². The number of fused-ring (bicyclic) bond motifs is 10. The van der Waals surface area contributed by atoms with Gasteiger partial charge in [0.1, 0.15) is 5.01 Å². The molecule has 0 aliphatic rings. The lowest BCUT2D eigenvalue weighted by molar-refractivity contribution is 1.18. The molecular weight excluding hydrogens is 585 g/mol. The van der Waals surface area contributed by atoms with Gasteiger partial charge in [0.25, 0.3) is 0 Å². The van der Waals surface area contributed by atoms with E-state index in [9.17, 15) is 0 Å². The first-order valence-corrected chi connectivity index (χ1v) is 16.8. The quantitative estimate of drug-likeness (QED) is 0.195. The molecule has 3 heterocycles. The van der Waals surface area contributed by atoms with E-state index < -0.39 is 0 Å². The standard InChI is InChI=1S/C41H24N2S2/c1-2-8-30-27(7-1)19-22-34-38(30)31-9-3-5-11-33(31)43(34)29-20-17-26(18-21-29)25-13-15-28(16-14-25)41-42-40-37(45-41)24-23-36-39(40)32-10-4-6-12-35(32)44-36/h1-24H. The predicted molar refractivity (Wildman–Crippen MR) is 195 cm³/mol. The molecule has 0 saturated carbocycles. The summed E-state index contributed by atoms with van der Waals surface area (Å²) in [6.07, 6.45) is 0. The molecule has 10 aromatic rings. The first-order chi connectivity index (χ1) is 22.3. The fraction of sp³-hybridized carbons (Fsp3) is 0. The van der Waals surface area contributed by atoms with Crippen LogP contribution in [-0.4, -0.2) is 9.55 Å².